The van der Waals surface area contributed by atoms with Crippen molar-refractivity contribution in [1.29, 1.82) is 0 Å². The number of aliphatic carboxylic acids is 2. The van der Waals surface area contributed by atoms with Crippen molar-refractivity contribution in [3.63, 3.8) is 0 Å². The molecule has 0 aliphatic rings. The Bertz CT molecular complexity index is 1420. The third-order valence-corrected chi connectivity index (χ3v) is 5.02. The van der Waals surface area contributed by atoms with Gasteiger partial charge in [0.2, 0.25) is 12.2 Å². The van der Waals surface area contributed by atoms with Crippen molar-refractivity contribution in [2.75, 3.05) is 14.2 Å². The first-order valence-corrected chi connectivity index (χ1v) is 12.1. The normalized spacial score (nSPS) is 11.9. The fourth-order valence-electron chi connectivity index (χ4n) is 2.85. The predicted molar refractivity (Wildman–Crippen MR) is 146 cm³/mol. The van der Waals surface area contributed by atoms with Crippen molar-refractivity contribution in [1.82, 2.24) is 0 Å². The van der Waals surface area contributed by atoms with Crippen molar-refractivity contribution < 1.29 is 78.4 Å². The minimum atomic E-state index is -1.65. The van der Waals surface area contributed by atoms with E-state index in [0.717, 1.165) is 26.4 Å². The molecule has 44 heavy (non-hydrogen) atoms. The highest BCUT2D eigenvalue weighted by Gasteiger charge is 2.26. The quantitative estimate of drug-likeness (QED) is 0.0846. The van der Waals surface area contributed by atoms with Gasteiger partial charge in [-0.25, -0.2) is 19.2 Å². The topological polar surface area (TPSA) is 261 Å². The number of hydrogen-bond donors (Lipinski definition) is 6. The number of hydrogen-bond acceptors (Lipinski definition) is 14. The van der Waals surface area contributed by atoms with E-state index in [4.69, 9.17) is 25.2 Å². The van der Waals surface area contributed by atoms with E-state index < -0.39 is 60.9 Å². The standard InChI is InChI=1S/2C14H14O8/c1-21-14(20)11(7-12(17)18)22-13(19)5-3-8-2-4-9(15)10(16)6-8;1-21-13(18)7-11(14(19)20)22-12(17)5-3-8-2-4-9(15)10(16)6-8/h2-6,11,15-16H,7H2,1H3,(H,17,18);2-6,11,15-16H,7H2,1H3,(H,19,20)/b2*5-3+. The molecule has 0 aliphatic heterocycles. The van der Waals surface area contributed by atoms with Gasteiger partial charge in [-0.15, -0.1) is 0 Å². The van der Waals surface area contributed by atoms with E-state index in [9.17, 15) is 39.0 Å². The highest BCUT2D eigenvalue weighted by atomic mass is 16.6. The summed E-state index contributed by atoms with van der Waals surface area (Å²) in [6, 6.07) is 7.69. The lowest BCUT2D eigenvalue weighted by Crippen LogP contribution is -2.30. The number of carbonyl (C=O) groups excluding carboxylic acids is 4. The second kappa shape index (κ2) is 17.7. The lowest BCUT2D eigenvalue weighted by Gasteiger charge is -2.12. The van der Waals surface area contributed by atoms with Crippen molar-refractivity contribution in [2.24, 2.45) is 0 Å². The lowest BCUT2D eigenvalue weighted by molar-refractivity contribution is -0.166. The number of methoxy groups -OCH3 is 2. The molecule has 6 N–H and O–H groups in total. The van der Waals surface area contributed by atoms with Crippen LogP contribution in [0.1, 0.15) is 24.0 Å². The van der Waals surface area contributed by atoms with Gasteiger partial charge in [0.05, 0.1) is 27.1 Å². The van der Waals surface area contributed by atoms with Gasteiger partial charge < -0.3 is 49.6 Å². The third kappa shape index (κ3) is 13.1. The van der Waals surface area contributed by atoms with Crippen LogP contribution in [0.4, 0.5) is 0 Å². The molecule has 2 rings (SSSR count). The Hall–Kier alpha value is -6.06. The first kappa shape index (κ1) is 36.0. The van der Waals surface area contributed by atoms with E-state index in [2.05, 4.69) is 14.2 Å². The van der Waals surface area contributed by atoms with Crippen LogP contribution in [0.15, 0.2) is 48.6 Å². The minimum Gasteiger partial charge on any atom is -0.504 e. The molecular weight excluding hydrogens is 592 g/mol. The molecular formula is C28H28O16. The summed E-state index contributed by atoms with van der Waals surface area (Å²) in [5.41, 5.74) is 0.771. The molecule has 0 heterocycles. The van der Waals surface area contributed by atoms with Crippen molar-refractivity contribution >= 4 is 48.0 Å². The van der Waals surface area contributed by atoms with Crippen LogP contribution in [0.25, 0.3) is 12.2 Å². The number of esters is 4. The zero-order chi connectivity index (χ0) is 33.4. The van der Waals surface area contributed by atoms with Gasteiger partial charge in [-0.05, 0) is 47.5 Å². The van der Waals surface area contributed by atoms with Gasteiger partial charge >= 0.3 is 35.8 Å². The Morgan fingerprint density at radius 2 is 1.11 bits per heavy atom. The number of carboxylic acids is 2. The number of rotatable bonds is 12. The number of aromatic hydroxyl groups is 4. The average molecular weight is 621 g/mol. The fraction of sp³-hybridized carbons (Fsp3) is 0.214. The van der Waals surface area contributed by atoms with E-state index >= 15 is 0 Å². The summed E-state index contributed by atoms with van der Waals surface area (Å²) in [4.78, 5) is 66.8. The van der Waals surface area contributed by atoms with Gasteiger partial charge in [0, 0.05) is 12.2 Å². The summed E-state index contributed by atoms with van der Waals surface area (Å²) in [5, 5.41) is 54.3. The molecule has 0 fully saturated rings. The summed E-state index contributed by atoms with van der Waals surface area (Å²) in [6.07, 6.45) is -0.138. The Balaban J connectivity index is 0.000000440. The summed E-state index contributed by atoms with van der Waals surface area (Å²) in [6.45, 7) is 0. The maximum atomic E-state index is 11.6. The van der Waals surface area contributed by atoms with Crippen LogP contribution in [-0.2, 0) is 47.7 Å². The Morgan fingerprint density at radius 1 is 0.659 bits per heavy atom. The Morgan fingerprint density at radius 3 is 1.48 bits per heavy atom. The van der Waals surface area contributed by atoms with Crippen LogP contribution in [0, 0.1) is 0 Å². The van der Waals surface area contributed by atoms with Gasteiger partial charge in [0.15, 0.2) is 23.0 Å². The number of phenols is 4. The molecule has 2 aromatic carbocycles. The molecule has 0 radical (unpaired) electrons. The van der Waals surface area contributed by atoms with Crippen LogP contribution < -0.4 is 0 Å². The highest BCUT2D eigenvalue weighted by Crippen LogP contribution is 2.26. The molecule has 0 saturated heterocycles. The summed E-state index contributed by atoms with van der Waals surface area (Å²) in [7, 11) is 2.13. The SMILES string of the molecule is COC(=O)C(CC(=O)O)OC(=O)/C=C/c1ccc(O)c(O)c1.COC(=O)CC(OC(=O)/C=C/c1ccc(O)c(O)c1)C(=O)O. The number of ether oxygens (including phenoxy) is 4. The van der Waals surface area contributed by atoms with Gasteiger partial charge in [0.1, 0.15) is 0 Å². The van der Waals surface area contributed by atoms with Crippen molar-refractivity contribution in [3.8, 4) is 23.0 Å². The number of benzene rings is 2. The molecule has 236 valence electrons. The molecule has 16 heteroatoms. The van der Waals surface area contributed by atoms with Crippen LogP contribution in [0.5, 0.6) is 23.0 Å². The zero-order valence-corrected chi connectivity index (χ0v) is 23.1. The summed E-state index contributed by atoms with van der Waals surface area (Å²) < 4.78 is 18.0. The predicted octanol–water partition coefficient (Wildman–Crippen LogP) is 1.34. The van der Waals surface area contributed by atoms with Crippen molar-refractivity contribution in [2.45, 2.75) is 25.0 Å². The third-order valence-electron chi connectivity index (χ3n) is 5.02. The van der Waals surface area contributed by atoms with Crippen LogP contribution in [-0.4, -0.2) is 92.9 Å². The number of phenolic OH excluding ortho intramolecular Hbond substituents is 4. The van der Waals surface area contributed by atoms with E-state index in [1.165, 1.54) is 48.6 Å². The molecule has 16 nitrogen and oxygen atoms in total. The lowest BCUT2D eigenvalue weighted by atomic mass is 10.2. The fourth-order valence-corrected chi connectivity index (χ4v) is 2.85. The smallest absolute Gasteiger partial charge is 0.347 e. The van der Waals surface area contributed by atoms with E-state index in [1.807, 2.05) is 0 Å². The zero-order valence-electron chi connectivity index (χ0n) is 23.1. The second-order valence-electron chi connectivity index (χ2n) is 8.25. The first-order valence-electron chi connectivity index (χ1n) is 12.1. The number of carbonyl (C=O) groups is 6. The van der Waals surface area contributed by atoms with Gasteiger partial charge in [-0.1, -0.05) is 12.1 Å². The van der Waals surface area contributed by atoms with Crippen LogP contribution >= 0.6 is 0 Å². The maximum Gasteiger partial charge on any atom is 0.347 e. The van der Waals surface area contributed by atoms with Crippen LogP contribution in [0.3, 0.4) is 0 Å². The number of carboxylic acid groups (broad SMARTS) is 2. The van der Waals surface area contributed by atoms with Crippen LogP contribution in [0.2, 0.25) is 0 Å². The molecule has 2 unspecified atom stereocenters. The summed E-state index contributed by atoms with van der Waals surface area (Å²) in [5.74, 6) is -7.91. The summed E-state index contributed by atoms with van der Waals surface area (Å²) >= 11 is 0. The van der Waals surface area contributed by atoms with Gasteiger partial charge in [0.25, 0.3) is 0 Å². The first-order chi connectivity index (χ1) is 20.7. The maximum absolute atomic E-state index is 11.6. The van der Waals surface area contributed by atoms with E-state index in [0.29, 0.717) is 11.1 Å². The largest absolute Gasteiger partial charge is 0.504 e. The average Bonchev–Trinajstić information content (AvgIpc) is 2.97. The van der Waals surface area contributed by atoms with Gasteiger partial charge in [-0.2, -0.15) is 0 Å². The minimum absolute atomic E-state index is 0.313. The van der Waals surface area contributed by atoms with Crippen molar-refractivity contribution in [3.05, 3.63) is 59.7 Å². The molecule has 2 atom stereocenters. The van der Waals surface area contributed by atoms with E-state index in [1.54, 1.807) is 0 Å². The molecule has 0 bridgehead atoms. The Labute approximate surface area is 248 Å². The molecule has 0 saturated carbocycles. The Kier molecular flexibility index (Phi) is 14.5. The van der Waals surface area contributed by atoms with Gasteiger partial charge in [-0.3, -0.25) is 9.59 Å². The second-order valence-corrected chi connectivity index (χ2v) is 8.25. The molecule has 0 spiro atoms. The van der Waals surface area contributed by atoms with E-state index in [-0.39, 0.29) is 23.0 Å². The molecule has 0 amide bonds. The molecule has 0 aromatic heterocycles. The monoisotopic (exact) mass is 620 g/mol. The highest BCUT2D eigenvalue weighted by molar-refractivity contribution is 5.91. The molecule has 2 aromatic rings. The molecule has 0 aliphatic carbocycles.